The highest BCUT2D eigenvalue weighted by Gasteiger charge is 2.41. The van der Waals surface area contributed by atoms with Gasteiger partial charge in [-0.1, -0.05) is 20.8 Å². The van der Waals surface area contributed by atoms with Crippen molar-refractivity contribution in [2.24, 2.45) is 11.3 Å². The minimum Gasteiger partial charge on any atom is -0.481 e. The fourth-order valence-corrected chi connectivity index (χ4v) is 2.39. The fraction of sp³-hybridized carbons (Fsp3) is 0.889. The second kappa shape index (κ2) is 6.90. The van der Waals surface area contributed by atoms with E-state index in [0.29, 0.717) is 13.0 Å². The molecule has 0 bridgehead atoms. The molecular formula is C18H33NO5. The number of hydrogen-bond donors (Lipinski definition) is 1. The molecule has 1 N–H and O–H groups in total. The summed E-state index contributed by atoms with van der Waals surface area (Å²) in [4.78, 5) is 25.3. The van der Waals surface area contributed by atoms with Crippen LogP contribution in [0.5, 0.6) is 0 Å². The van der Waals surface area contributed by atoms with Crippen molar-refractivity contribution in [1.82, 2.24) is 4.90 Å². The molecule has 1 saturated heterocycles. The number of nitrogens with zero attached hydrogens (tertiary/aromatic N) is 1. The lowest BCUT2D eigenvalue weighted by Gasteiger charge is -2.44. The lowest BCUT2D eigenvalue weighted by Crippen LogP contribution is -2.53. The van der Waals surface area contributed by atoms with Crippen LogP contribution < -0.4 is 0 Å². The summed E-state index contributed by atoms with van der Waals surface area (Å²) in [5.41, 5.74) is -1.17. The fourth-order valence-electron chi connectivity index (χ4n) is 2.39. The zero-order chi connectivity index (χ0) is 18.9. The van der Waals surface area contributed by atoms with Gasteiger partial charge in [-0.3, -0.25) is 4.79 Å². The zero-order valence-electron chi connectivity index (χ0n) is 16.3. The largest absolute Gasteiger partial charge is 0.481 e. The SMILES string of the molecule is CC(C)(C)OC(=O)N1C[C@H](OC(C)(C)C(C)(C)C)C[C@@H](C(=O)O)C1. The van der Waals surface area contributed by atoms with Crippen molar-refractivity contribution in [3.63, 3.8) is 0 Å². The first kappa shape index (κ1) is 20.7. The van der Waals surface area contributed by atoms with Crippen LogP contribution >= 0.6 is 0 Å². The summed E-state index contributed by atoms with van der Waals surface area (Å²) >= 11 is 0. The molecule has 6 nitrogen and oxygen atoms in total. The quantitative estimate of drug-likeness (QED) is 0.848. The third-order valence-corrected chi connectivity index (χ3v) is 4.68. The Bertz CT molecular complexity index is 473. The molecule has 0 unspecified atom stereocenters. The van der Waals surface area contributed by atoms with Gasteiger partial charge in [0.1, 0.15) is 5.60 Å². The first-order chi connectivity index (χ1) is 10.6. The Morgan fingerprint density at radius 2 is 1.54 bits per heavy atom. The van der Waals surface area contributed by atoms with Gasteiger partial charge in [0.25, 0.3) is 0 Å². The van der Waals surface area contributed by atoms with E-state index in [4.69, 9.17) is 9.47 Å². The van der Waals surface area contributed by atoms with Crippen LogP contribution in [0.1, 0.15) is 61.8 Å². The van der Waals surface area contributed by atoms with Crippen LogP contribution in [0, 0.1) is 11.3 Å². The Morgan fingerprint density at radius 1 is 1.00 bits per heavy atom. The molecule has 1 amide bonds. The van der Waals surface area contributed by atoms with E-state index in [0.717, 1.165) is 0 Å². The number of carboxylic acid groups (broad SMARTS) is 1. The Balaban J connectivity index is 2.90. The lowest BCUT2D eigenvalue weighted by atomic mass is 9.78. The van der Waals surface area contributed by atoms with Gasteiger partial charge in [-0.2, -0.15) is 0 Å². The van der Waals surface area contributed by atoms with Gasteiger partial charge in [0.05, 0.1) is 24.2 Å². The summed E-state index contributed by atoms with van der Waals surface area (Å²) in [5.74, 6) is -1.56. The van der Waals surface area contributed by atoms with Crippen LogP contribution in [-0.2, 0) is 14.3 Å². The summed E-state index contributed by atoms with van der Waals surface area (Å²) in [7, 11) is 0. The maximum atomic E-state index is 12.3. The molecule has 1 aliphatic heterocycles. The van der Waals surface area contributed by atoms with Gasteiger partial charge in [0.15, 0.2) is 0 Å². The second-order valence-electron chi connectivity index (χ2n) is 9.16. The molecule has 0 saturated carbocycles. The third-order valence-electron chi connectivity index (χ3n) is 4.68. The summed E-state index contributed by atoms with van der Waals surface area (Å²) in [5, 5.41) is 9.41. The van der Waals surface area contributed by atoms with Crippen molar-refractivity contribution < 1.29 is 24.2 Å². The lowest BCUT2D eigenvalue weighted by molar-refractivity contribution is -0.163. The van der Waals surface area contributed by atoms with Crippen LogP contribution in [0.3, 0.4) is 0 Å². The average molecular weight is 343 g/mol. The van der Waals surface area contributed by atoms with E-state index in [-0.39, 0.29) is 18.1 Å². The Labute approximate surface area is 145 Å². The predicted octanol–water partition coefficient (Wildman–Crippen LogP) is 3.54. The van der Waals surface area contributed by atoms with Crippen LogP contribution in [0.4, 0.5) is 4.79 Å². The molecule has 0 aromatic rings. The Kier molecular flexibility index (Phi) is 5.97. The molecule has 1 fully saturated rings. The van der Waals surface area contributed by atoms with Crippen LogP contribution in [0.25, 0.3) is 0 Å². The van der Waals surface area contributed by atoms with Crippen LogP contribution in [0.2, 0.25) is 0 Å². The minimum absolute atomic E-state index is 0.111. The van der Waals surface area contributed by atoms with Gasteiger partial charge in [0, 0.05) is 6.54 Å². The van der Waals surface area contributed by atoms with Crippen molar-refractivity contribution in [1.29, 1.82) is 0 Å². The first-order valence-electron chi connectivity index (χ1n) is 8.51. The van der Waals surface area contributed by atoms with E-state index >= 15 is 0 Å². The number of ether oxygens (including phenoxy) is 2. The average Bonchev–Trinajstić information content (AvgIpc) is 2.34. The summed E-state index contributed by atoms with van der Waals surface area (Å²) in [6.07, 6.45) is -0.425. The molecule has 2 atom stereocenters. The molecule has 140 valence electrons. The maximum Gasteiger partial charge on any atom is 0.410 e. The van der Waals surface area contributed by atoms with Crippen molar-refractivity contribution in [2.75, 3.05) is 13.1 Å². The van der Waals surface area contributed by atoms with Gasteiger partial charge >= 0.3 is 12.1 Å². The van der Waals surface area contributed by atoms with E-state index in [2.05, 4.69) is 20.8 Å². The van der Waals surface area contributed by atoms with Gasteiger partial charge in [-0.25, -0.2) is 4.79 Å². The topological polar surface area (TPSA) is 76.1 Å². The molecule has 0 aliphatic carbocycles. The molecule has 0 radical (unpaired) electrons. The van der Waals surface area contributed by atoms with Crippen LogP contribution in [0.15, 0.2) is 0 Å². The van der Waals surface area contributed by atoms with E-state index in [1.54, 1.807) is 20.8 Å². The highest BCUT2D eigenvalue weighted by atomic mass is 16.6. The predicted molar refractivity (Wildman–Crippen MR) is 92.0 cm³/mol. The highest BCUT2D eigenvalue weighted by molar-refractivity contribution is 5.73. The standard InChI is InChI=1S/C18H33NO5/c1-16(2,3)18(7,8)23-13-9-12(14(20)21)10-19(11-13)15(22)24-17(4,5)6/h12-13H,9-11H2,1-8H3,(H,20,21)/t12-,13-/m1/s1. The van der Waals surface area contributed by atoms with Gasteiger partial charge < -0.3 is 19.5 Å². The minimum atomic E-state index is -0.912. The van der Waals surface area contributed by atoms with Gasteiger partial charge in [-0.05, 0) is 46.5 Å². The molecule has 1 heterocycles. The van der Waals surface area contributed by atoms with Crippen molar-refractivity contribution >= 4 is 12.1 Å². The number of likely N-dealkylation sites (tertiary alicyclic amines) is 1. The number of rotatable bonds is 3. The monoisotopic (exact) mass is 343 g/mol. The molecule has 0 aromatic carbocycles. The number of carboxylic acids is 1. The Morgan fingerprint density at radius 3 is 1.96 bits per heavy atom. The normalized spacial score (nSPS) is 23.1. The maximum absolute atomic E-state index is 12.3. The molecule has 1 aliphatic rings. The van der Waals surface area contributed by atoms with Crippen molar-refractivity contribution in [3.8, 4) is 0 Å². The smallest absolute Gasteiger partial charge is 0.410 e. The number of piperidine rings is 1. The van der Waals surface area contributed by atoms with E-state index in [9.17, 15) is 14.7 Å². The third kappa shape index (κ3) is 5.65. The molecule has 1 rings (SSSR count). The molecule has 0 aromatic heterocycles. The first-order valence-corrected chi connectivity index (χ1v) is 8.51. The number of carbonyl (C=O) groups is 2. The van der Waals surface area contributed by atoms with E-state index in [1.165, 1.54) is 4.90 Å². The molecule has 6 heteroatoms. The Hall–Kier alpha value is -1.30. The molecular weight excluding hydrogens is 310 g/mol. The number of hydrogen-bond acceptors (Lipinski definition) is 4. The van der Waals surface area contributed by atoms with Crippen LogP contribution in [-0.4, -0.2) is 52.5 Å². The summed E-state index contributed by atoms with van der Waals surface area (Å²) in [6, 6.07) is 0. The van der Waals surface area contributed by atoms with Gasteiger partial charge in [0.2, 0.25) is 0 Å². The highest BCUT2D eigenvalue weighted by Crippen LogP contribution is 2.36. The van der Waals surface area contributed by atoms with Crippen molar-refractivity contribution in [3.05, 3.63) is 0 Å². The van der Waals surface area contributed by atoms with Gasteiger partial charge in [-0.15, -0.1) is 0 Å². The van der Waals surface area contributed by atoms with E-state index in [1.807, 2.05) is 13.8 Å². The van der Waals surface area contributed by atoms with Crippen molar-refractivity contribution in [2.45, 2.75) is 79.1 Å². The molecule has 24 heavy (non-hydrogen) atoms. The number of aliphatic carboxylic acids is 1. The molecule has 0 spiro atoms. The second-order valence-corrected chi connectivity index (χ2v) is 9.16. The number of carbonyl (C=O) groups excluding carboxylic acids is 1. The number of amides is 1. The summed E-state index contributed by atoms with van der Waals surface area (Å²) in [6.45, 7) is 16.1. The zero-order valence-corrected chi connectivity index (χ0v) is 16.3. The summed E-state index contributed by atoms with van der Waals surface area (Å²) < 4.78 is 11.6. The van der Waals surface area contributed by atoms with E-state index < -0.39 is 29.2 Å².